The van der Waals surface area contributed by atoms with E-state index in [9.17, 15) is 0 Å². The van der Waals surface area contributed by atoms with Gasteiger partial charge in [0.2, 0.25) is 11.9 Å². The third kappa shape index (κ3) is 8.00. The van der Waals surface area contributed by atoms with Crippen molar-refractivity contribution in [3.8, 4) is 22.6 Å². The summed E-state index contributed by atoms with van der Waals surface area (Å²) in [6, 6.07) is 24.3. The number of benzene rings is 4. The van der Waals surface area contributed by atoms with Crippen LogP contribution in [0.5, 0.6) is 11.5 Å². The minimum Gasteiger partial charge on any atom is -0.481 e. The number of fused-ring (bicyclic) bond motifs is 4. The number of alkyl halides is 2. The summed E-state index contributed by atoms with van der Waals surface area (Å²) >= 11 is 3.41. The highest BCUT2D eigenvalue weighted by Gasteiger charge is 2.65. The van der Waals surface area contributed by atoms with E-state index in [1.54, 1.807) is 68.7 Å². The highest BCUT2D eigenvalue weighted by molar-refractivity contribution is 9.10. The number of nitrogens with zero attached hydrogens (tertiary/aromatic N) is 6. The van der Waals surface area contributed by atoms with E-state index in [4.69, 9.17) is 63.3 Å². The smallest absolute Gasteiger partial charge is 0.481 e. The van der Waals surface area contributed by atoms with Crippen molar-refractivity contribution in [3.63, 3.8) is 0 Å². The topological polar surface area (TPSA) is 188 Å². The number of ether oxygens (including phenoxy) is 4. The van der Waals surface area contributed by atoms with Gasteiger partial charge in [0, 0.05) is 31.8 Å². The molecule has 0 saturated carbocycles. The van der Waals surface area contributed by atoms with Crippen LogP contribution in [0, 0.1) is 13.1 Å². The molecule has 6 aliphatic rings. The normalized spacial score (nSPS) is 28.5. The molecule has 332 valence electrons. The second kappa shape index (κ2) is 17.6. The maximum atomic E-state index is 16.2. The van der Waals surface area contributed by atoms with E-state index < -0.39 is 42.1 Å². The average molecular weight is 942 g/mol. The van der Waals surface area contributed by atoms with Crippen molar-refractivity contribution in [1.29, 1.82) is 0 Å². The molecule has 0 bridgehead atoms. The predicted molar refractivity (Wildman–Crippen MR) is 236 cm³/mol. The van der Waals surface area contributed by atoms with Gasteiger partial charge in [-0.3, -0.25) is 0 Å². The lowest BCUT2D eigenvalue weighted by molar-refractivity contribution is -0.254. The standard InChI is InChI=1S/C22H21FN4O3.C15H17BrFN3O3.C7H6BNO2/c1-25-16-6-3-5-14(11-16)15-7-8-18-17(12-15)22(26-20(24)27(2)30-22)19(23)21(29-18)9-4-10-28-13-21;1-20-13(18)19-15(23-20)10-7-9(16)3-4-11(10)22-14(12(15)17)5-2-6-21-8-14;1-9-7-4-2-3-6(5-7)8(10)11/h3,5-8,11-12,19H,4,9-10,13H2,2H3,(H2,24,26);3-4,7,12H,2,5-6,8H2,1H3,(H2,18,19);2-5,10-11H. The summed E-state index contributed by atoms with van der Waals surface area (Å²) in [4.78, 5) is 27.2. The van der Waals surface area contributed by atoms with E-state index in [0.29, 0.717) is 71.9 Å². The van der Waals surface area contributed by atoms with Crippen LogP contribution in [0.25, 0.3) is 20.8 Å². The molecule has 0 radical (unpaired) electrons. The molecule has 20 heteroatoms. The SMILES string of the molecule is CN1OC2(N=C1N)c1cc(Br)ccc1OC1(CCCOC1)C2F.[C-]#[N+]c1cccc(-c2ccc3c(c2)C2(N=C(N)N(C)O2)C(F)C2(CCCOC2)O3)c1.[C-]#[N+]c1cccc(B(O)O)c1. The molecule has 2 saturated heterocycles. The molecule has 4 aromatic carbocycles. The van der Waals surface area contributed by atoms with Crippen molar-refractivity contribution in [2.45, 2.75) is 60.7 Å². The Morgan fingerprint density at radius 3 is 1.70 bits per heavy atom. The Balaban J connectivity index is 0.000000145. The van der Waals surface area contributed by atoms with Crippen molar-refractivity contribution in [2.75, 3.05) is 40.5 Å². The van der Waals surface area contributed by atoms with Crippen LogP contribution < -0.4 is 26.4 Å². The molecule has 6 heterocycles. The molecule has 6 unspecified atom stereocenters. The van der Waals surface area contributed by atoms with Gasteiger partial charge in [-0.05, 0) is 78.7 Å². The van der Waals surface area contributed by atoms with Gasteiger partial charge in [-0.1, -0.05) is 64.5 Å². The highest BCUT2D eigenvalue weighted by Crippen LogP contribution is 2.55. The number of hydroxylamine groups is 4. The molecule has 64 heavy (non-hydrogen) atoms. The molecule has 6 N–H and O–H groups in total. The minimum absolute atomic E-state index is 0.0952. The summed E-state index contributed by atoms with van der Waals surface area (Å²) < 4.78 is 56.0. The zero-order chi connectivity index (χ0) is 45.4. The van der Waals surface area contributed by atoms with Gasteiger partial charge in [-0.15, -0.1) is 0 Å². The fourth-order valence-electron chi connectivity index (χ4n) is 8.59. The molecule has 0 aliphatic carbocycles. The third-order valence-corrected chi connectivity index (χ3v) is 12.3. The molecular weight excluding hydrogens is 897 g/mol. The largest absolute Gasteiger partial charge is 0.487 e. The number of hydrogen-bond acceptors (Lipinski definition) is 14. The Hall–Kier alpha value is -5.84. The highest BCUT2D eigenvalue weighted by atomic mass is 79.9. The summed E-state index contributed by atoms with van der Waals surface area (Å²) in [6.07, 6.45) is -0.730. The van der Waals surface area contributed by atoms with Crippen molar-refractivity contribution >= 4 is 51.8 Å². The van der Waals surface area contributed by atoms with Crippen LogP contribution in [0.2, 0.25) is 0 Å². The van der Waals surface area contributed by atoms with Crippen LogP contribution in [0.3, 0.4) is 0 Å². The number of aliphatic imine (C=N–C) groups is 2. The van der Waals surface area contributed by atoms with Crippen LogP contribution in [-0.4, -0.2) is 103 Å². The molecule has 6 atom stereocenters. The predicted octanol–water partition coefficient (Wildman–Crippen LogP) is 5.52. The lowest BCUT2D eigenvalue weighted by Crippen LogP contribution is -2.62. The summed E-state index contributed by atoms with van der Waals surface area (Å²) in [5.74, 6) is 1.26. The second-order valence-corrected chi connectivity index (χ2v) is 16.9. The molecular formula is C44H44BBrF2N8O8. The molecule has 4 aromatic rings. The van der Waals surface area contributed by atoms with E-state index in [-0.39, 0.29) is 25.1 Å². The number of guanidine groups is 2. The first-order valence-electron chi connectivity index (χ1n) is 20.3. The van der Waals surface area contributed by atoms with Gasteiger partial charge in [-0.2, -0.15) is 0 Å². The lowest BCUT2D eigenvalue weighted by atomic mass is 9.79. The number of hydrogen-bond donors (Lipinski definition) is 4. The fraction of sp³-hybridized carbons (Fsp3) is 0.364. The molecule has 10 rings (SSSR count). The van der Waals surface area contributed by atoms with E-state index >= 15 is 8.78 Å². The van der Waals surface area contributed by atoms with Gasteiger partial charge in [0.1, 0.15) is 11.5 Å². The first-order chi connectivity index (χ1) is 30.7. The van der Waals surface area contributed by atoms with Crippen LogP contribution >= 0.6 is 15.9 Å². The Kier molecular flexibility index (Phi) is 12.3. The first-order valence-corrected chi connectivity index (χ1v) is 21.1. The van der Waals surface area contributed by atoms with E-state index in [2.05, 4.69) is 35.6 Å². The molecule has 6 aliphatic heterocycles. The quantitative estimate of drug-likeness (QED) is 0.146. The number of rotatable bonds is 2. The van der Waals surface area contributed by atoms with Crippen molar-refractivity contribution in [2.24, 2.45) is 21.5 Å². The Labute approximate surface area is 376 Å². The van der Waals surface area contributed by atoms with Gasteiger partial charge in [0.15, 0.2) is 34.9 Å². The Morgan fingerprint density at radius 1 is 0.719 bits per heavy atom. The summed E-state index contributed by atoms with van der Waals surface area (Å²) in [7, 11) is 1.72. The van der Waals surface area contributed by atoms with Gasteiger partial charge < -0.3 is 40.5 Å². The van der Waals surface area contributed by atoms with E-state index in [1.165, 1.54) is 16.2 Å². The zero-order valence-corrected chi connectivity index (χ0v) is 36.4. The average Bonchev–Trinajstić information content (AvgIpc) is 3.79. The maximum absolute atomic E-state index is 16.2. The molecule has 2 fully saturated rings. The molecule has 16 nitrogen and oxygen atoms in total. The van der Waals surface area contributed by atoms with Crippen LogP contribution in [0.4, 0.5) is 20.2 Å². The van der Waals surface area contributed by atoms with Crippen molar-refractivity contribution < 1.29 is 47.5 Å². The maximum Gasteiger partial charge on any atom is 0.487 e. The zero-order valence-electron chi connectivity index (χ0n) is 34.8. The monoisotopic (exact) mass is 940 g/mol. The number of nitrogens with two attached hydrogens (primary N) is 2. The second-order valence-electron chi connectivity index (χ2n) is 16.0. The first kappa shape index (κ1) is 44.8. The van der Waals surface area contributed by atoms with Crippen LogP contribution in [0.15, 0.2) is 99.4 Å². The van der Waals surface area contributed by atoms with Crippen molar-refractivity contribution in [1.82, 2.24) is 10.1 Å². The Morgan fingerprint density at radius 2 is 1.22 bits per heavy atom. The van der Waals surface area contributed by atoms with E-state index in [1.807, 2.05) is 24.3 Å². The van der Waals surface area contributed by atoms with Gasteiger partial charge in [0.05, 0.1) is 37.5 Å². The Bertz CT molecular complexity index is 2570. The van der Waals surface area contributed by atoms with Gasteiger partial charge in [0.25, 0.3) is 11.4 Å². The lowest BCUT2D eigenvalue weighted by Gasteiger charge is -2.48. The third-order valence-electron chi connectivity index (χ3n) is 11.8. The summed E-state index contributed by atoms with van der Waals surface area (Å²) in [5, 5.41) is 20.0. The van der Waals surface area contributed by atoms with Crippen molar-refractivity contribution in [3.05, 3.63) is 123 Å². The molecule has 4 spiro atoms. The van der Waals surface area contributed by atoms with Crippen LogP contribution in [0.1, 0.15) is 36.8 Å². The summed E-state index contributed by atoms with van der Waals surface area (Å²) in [6.45, 7) is 15.3. The van der Waals surface area contributed by atoms with E-state index in [0.717, 1.165) is 22.0 Å². The molecule has 0 amide bonds. The summed E-state index contributed by atoms with van der Waals surface area (Å²) in [5.41, 5.74) is 10.2. The van der Waals surface area contributed by atoms with Gasteiger partial charge in [-0.25, -0.2) is 48.3 Å². The fourth-order valence-corrected chi connectivity index (χ4v) is 8.95. The number of halogens is 3. The minimum atomic E-state index is -1.65. The molecule has 0 aromatic heterocycles. The van der Waals surface area contributed by atoms with Gasteiger partial charge >= 0.3 is 7.12 Å². The van der Waals surface area contributed by atoms with Crippen LogP contribution in [-0.2, 0) is 30.6 Å².